The molecular formula is C17H33IN4O2S. The van der Waals surface area contributed by atoms with Crippen LogP contribution < -0.4 is 16.0 Å². The van der Waals surface area contributed by atoms with E-state index in [1.807, 2.05) is 6.92 Å². The number of halogens is 1. The molecular weight excluding hydrogens is 451 g/mol. The number of amides is 1. The fraction of sp³-hybridized carbons (Fsp3) is 0.882. The Hall–Kier alpha value is -0.380. The first kappa shape index (κ1) is 22.7. The minimum Gasteiger partial charge on any atom is -0.450 e. The predicted octanol–water partition coefficient (Wildman–Crippen LogP) is 2.97. The molecule has 0 radical (unpaired) electrons. The molecule has 2 fully saturated rings. The van der Waals surface area contributed by atoms with Gasteiger partial charge in [0.25, 0.3) is 0 Å². The normalized spacial score (nSPS) is 24.2. The SMILES string of the molecule is CCOC(=O)NC(CNC(=NC)NC1CCC(SCC)C1)C1CC1.I. The van der Waals surface area contributed by atoms with Gasteiger partial charge in [-0.05, 0) is 50.7 Å². The van der Waals surface area contributed by atoms with Crippen molar-refractivity contribution in [3.8, 4) is 0 Å². The van der Waals surface area contributed by atoms with Gasteiger partial charge in [0.05, 0.1) is 12.6 Å². The number of hydrogen-bond acceptors (Lipinski definition) is 4. The molecule has 0 bridgehead atoms. The molecule has 3 unspecified atom stereocenters. The highest BCUT2D eigenvalue weighted by Crippen LogP contribution is 2.32. The highest BCUT2D eigenvalue weighted by molar-refractivity contribution is 14.0. The number of hydrogen-bond donors (Lipinski definition) is 3. The lowest BCUT2D eigenvalue weighted by molar-refractivity contribution is 0.146. The second kappa shape index (κ2) is 12.1. The molecule has 0 aromatic heterocycles. The Kier molecular flexibility index (Phi) is 11.0. The summed E-state index contributed by atoms with van der Waals surface area (Å²) < 4.78 is 5.00. The van der Waals surface area contributed by atoms with Crippen LogP contribution in [0.25, 0.3) is 0 Å². The molecule has 2 aliphatic rings. The second-order valence-electron chi connectivity index (χ2n) is 6.49. The molecule has 0 aromatic rings. The van der Waals surface area contributed by atoms with Gasteiger partial charge in [0.1, 0.15) is 0 Å². The Labute approximate surface area is 173 Å². The third-order valence-corrected chi connectivity index (χ3v) is 5.84. The average molecular weight is 484 g/mol. The van der Waals surface area contributed by atoms with Gasteiger partial charge in [0.2, 0.25) is 0 Å². The van der Waals surface area contributed by atoms with Crippen LogP contribution in [0.4, 0.5) is 4.79 Å². The minimum atomic E-state index is -0.325. The maximum absolute atomic E-state index is 11.7. The largest absolute Gasteiger partial charge is 0.450 e. The zero-order valence-corrected chi connectivity index (χ0v) is 18.7. The molecule has 8 heteroatoms. The van der Waals surface area contributed by atoms with Crippen molar-refractivity contribution >= 4 is 47.8 Å². The van der Waals surface area contributed by atoms with Crippen molar-refractivity contribution in [2.75, 3.05) is 26.0 Å². The van der Waals surface area contributed by atoms with Gasteiger partial charge in [-0.15, -0.1) is 24.0 Å². The predicted molar refractivity (Wildman–Crippen MR) is 116 cm³/mol. The second-order valence-corrected chi connectivity index (χ2v) is 8.07. The molecule has 0 aliphatic heterocycles. The summed E-state index contributed by atoms with van der Waals surface area (Å²) >= 11 is 2.06. The third-order valence-electron chi connectivity index (χ3n) is 4.61. The van der Waals surface area contributed by atoms with Gasteiger partial charge in [-0.2, -0.15) is 11.8 Å². The highest BCUT2D eigenvalue weighted by Gasteiger charge is 2.33. The van der Waals surface area contributed by atoms with E-state index < -0.39 is 0 Å². The summed E-state index contributed by atoms with van der Waals surface area (Å²) in [5.74, 6) is 2.57. The van der Waals surface area contributed by atoms with Crippen LogP contribution >= 0.6 is 35.7 Å². The number of thioether (sulfide) groups is 1. The first-order chi connectivity index (χ1) is 11.7. The van der Waals surface area contributed by atoms with Gasteiger partial charge >= 0.3 is 6.09 Å². The van der Waals surface area contributed by atoms with Gasteiger partial charge in [-0.1, -0.05) is 6.92 Å². The van der Waals surface area contributed by atoms with Crippen molar-refractivity contribution in [2.45, 2.75) is 63.3 Å². The fourth-order valence-corrected chi connectivity index (χ4v) is 4.35. The van der Waals surface area contributed by atoms with Gasteiger partial charge in [0, 0.05) is 24.9 Å². The zero-order chi connectivity index (χ0) is 17.4. The molecule has 0 heterocycles. The van der Waals surface area contributed by atoms with Crippen LogP contribution in [0.1, 0.15) is 46.0 Å². The van der Waals surface area contributed by atoms with Crippen LogP contribution in [0.5, 0.6) is 0 Å². The lowest BCUT2D eigenvalue weighted by atomic mass is 10.2. The maximum Gasteiger partial charge on any atom is 0.407 e. The summed E-state index contributed by atoms with van der Waals surface area (Å²) in [7, 11) is 1.80. The number of aliphatic imine (C=N–C) groups is 1. The monoisotopic (exact) mass is 484 g/mol. The maximum atomic E-state index is 11.7. The van der Waals surface area contributed by atoms with Crippen LogP contribution in [0.3, 0.4) is 0 Å². The Morgan fingerprint density at radius 1 is 1.28 bits per heavy atom. The van der Waals surface area contributed by atoms with Crippen molar-refractivity contribution in [1.82, 2.24) is 16.0 Å². The molecule has 1 amide bonds. The lowest BCUT2D eigenvalue weighted by Crippen LogP contribution is -2.49. The molecule has 146 valence electrons. The van der Waals surface area contributed by atoms with E-state index in [0.717, 1.165) is 11.2 Å². The fourth-order valence-electron chi connectivity index (χ4n) is 3.21. The van der Waals surface area contributed by atoms with E-state index in [0.29, 0.717) is 25.1 Å². The van der Waals surface area contributed by atoms with Crippen LogP contribution in [0, 0.1) is 5.92 Å². The first-order valence-corrected chi connectivity index (χ1v) is 10.2. The van der Waals surface area contributed by atoms with Crippen molar-refractivity contribution < 1.29 is 9.53 Å². The number of alkyl carbamates (subject to hydrolysis) is 1. The number of guanidine groups is 1. The van der Waals surface area contributed by atoms with Crippen molar-refractivity contribution in [3.63, 3.8) is 0 Å². The van der Waals surface area contributed by atoms with E-state index in [-0.39, 0.29) is 36.1 Å². The highest BCUT2D eigenvalue weighted by atomic mass is 127. The number of ether oxygens (including phenoxy) is 1. The van der Waals surface area contributed by atoms with Crippen molar-refractivity contribution in [1.29, 1.82) is 0 Å². The molecule has 0 saturated heterocycles. The molecule has 25 heavy (non-hydrogen) atoms. The summed E-state index contributed by atoms with van der Waals surface area (Å²) in [6.07, 6.45) is 5.70. The van der Waals surface area contributed by atoms with Gasteiger partial charge in [0.15, 0.2) is 5.96 Å². The van der Waals surface area contributed by atoms with Gasteiger partial charge in [-0.25, -0.2) is 4.79 Å². The first-order valence-electron chi connectivity index (χ1n) is 9.18. The number of nitrogens with zero attached hydrogens (tertiary/aromatic N) is 1. The van der Waals surface area contributed by atoms with E-state index in [9.17, 15) is 4.79 Å². The number of carbonyl (C=O) groups excluding carboxylic acids is 1. The van der Waals surface area contributed by atoms with Crippen LogP contribution in [0.15, 0.2) is 4.99 Å². The summed E-state index contributed by atoms with van der Waals surface area (Å²) in [6, 6.07) is 0.604. The standard InChI is InChI=1S/C17H32N4O2S.HI/c1-4-23-17(22)21-15(12-6-7-12)11-19-16(18-3)20-13-8-9-14(10-13)24-5-2;/h12-15H,4-11H2,1-3H3,(H,21,22)(H2,18,19,20);1H. The van der Waals surface area contributed by atoms with E-state index in [4.69, 9.17) is 4.74 Å². The van der Waals surface area contributed by atoms with Crippen LogP contribution in [-0.4, -0.2) is 55.3 Å². The van der Waals surface area contributed by atoms with E-state index >= 15 is 0 Å². The Bertz CT molecular complexity index is 435. The Morgan fingerprint density at radius 3 is 2.64 bits per heavy atom. The zero-order valence-electron chi connectivity index (χ0n) is 15.5. The van der Waals surface area contributed by atoms with E-state index in [1.54, 1.807) is 7.05 Å². The molecule has 0 aromatic carbocycles. The van der Waals surface area contributed by atoms with Crippen molar-refractivity contribution in [2.24, 2.45) is 10.9 Å². The molecule has 6 nitrogen and oxygen atoms in total. The molecule has 2 saturated carbocycles. The van der Waals surface area contributed by atoms with Crippen LogP contribution in [0.2, 0.25) is 0 Å². The van der Waals surface area contributed by atoms with E-state index in [2.05, 4.69) is 39.6 Å². The van der Waals surface area contributed by atoms with Crippen molar-refractivity contribution in [3.05, 3.63) is 0 Å². The molecule has 3 atom stereocenters. The van der Waals surface area contributed by atoms with E-state index in [1.165, 1.54) is 37.9 Å². The average Bonchev–Trinajstić information content (AvgIpc) is 3.32. The topological polar surface area (TPSA) is 74.8 Å². The Balaban J connectivity index is 0.00000312. The smallest absolute Gasteiger partial charge is 0.407 e. The molecule has 2 rings (SSSR count). The third kappa shape index (κ3) is 8.23. The molecule has 3 N–H and O–H groups in total. The Morgan fingerprint density at radius 2 is 2.04 bits per heavy atom. The number of carbonyl (C=O) groups is 1. The molecule has 2 aliphatic carbocycles. The number of nitrogens with one attached hydrogen (secondary N) is 3. The summed E-state index contributed by atoms with van der Waals surface area (Å²) in [5.41, 5.74) is 0. The minimum absolute atomic E-state index is 0. The van der Waals surface area contributed by atoms with Gasteiger partial charge in [-0.3, -0.25) is 4.99 Å². The summed E-state index contributed by atoms with van der Waals surface area (Å²) in [6.45, 7) is 5.13. The summed E-state index contributed by atoms with van der Waals surface area (Å²) in [4.78, 5) is 16.0. The number of rotatable bonds is 8. The quantitative estimate of drug-likeness (QED) is 0.281. The molecule has 0 spiro atoms. The van der Waals surface area contributed by atoms with Gasteiger partial charge < -0.3 is 20.7 Å². The summed E-state index contributed by atoms with van der Waals surface area (Å²) in [5, 5.41) is 10.6. The van der Waals surface area contributed by atoms with Crippen LogP contribution in [-0.2, 0) is 4.74 Å². The lowest BCUT2D eigenvalue weighted by Gasteiger charge is -2.22.